The molecular formula is C25H35O6-. The molecule has 0 amide bonds. The molecule has 0 saturated heterocycles. The Balaban J connectivity index is 1.41. The van der Waals surface area contributed by atoms with Crippen molar-refractivity contribution < 1.29 is 29.6 Å². The summed E-state index contributed by atoms with van der Waals surface area (Å²) in [6.07, 6.45) is 8.61. The molecule has 1 aliphatic heterocycles. The van der Waals surface area contributed by atoms with Crippen LogP contribution in [0.1, 0.15) is 78.1 Å². The summed E-state index contributed by atoms with van der Waals surface area (Å²) in [6, 6.07) is 0. The maximum Gasteiger partial charge on any atom is 0.331 e. The molecule has 6 heteroatoms. The van der Waals surface area contributed by atoms with Gasteiger partial charge in [-0.25, -0.2) is 4.79 Å². The van der Waals surface area contributed by atoms with Crippen molar-refractivity contribution in [1.29, 1.82) is 0 Å². The maximum atomic E-state index is 12.2. The van der Waals surface area contributed by atoms with E-state index in [1.165, 1.54) is 0 Å². The molecule has 172 valence electrons. The molecule has 8 atom stereocenters. The highest BCUT2D eigenvalue weighted by molar-refractivity contribution is 5.85. The molecule has 0 unspecified atom stereocenters. The first-order valence-corrected chi connectivity index (χ1v) is 12.0. The number of hydrogen-bond acceptors (Lipinski definition) is 6. The van der Waals surface area contributed by atoms with E-state index < -0.39 is 17.2 Å². The number of aliphatic hydroxyl groups is 2. The van der Waals surface area contributed by atoms with Crippen molar-refractivity contribution in [2.24, 2.45) is 34.5 Å². The fourth-order valence-electron chi connectivity index (χ4n) is 8.90. The highest BCUT2D eigenvalue weighted by Gasteiger charge is 2.68. The van der Waals surface area contributed by atoms with E-state index in [4.69, 9.17) is 4.74 Å². The summed E-state index contributed by atoms with van der Waals surface area (Å²) >= 11 is 0. The van der Waals surface area contributed by atoms with E-state index in [0.29, 0.717) is 25.4 Å². The first-order chi connectivity index (χ1) is 14.5. The number of carboxylic acids is 1. The van der Waals surface area contributed by atoms with E-state index in [1.807, 2.05) is 0 Å². The van der Waals surface area contributed by atoms with Crippen LogP contribution in [0, 0.1) is 34.5 Å². The second-order valence-electron chi connectivity index (χ2n) is 11.8. The lowest BCUT2D eigenvalue weighted by Crippen LogP contribution is -2.63. The Bertz CT molecular complexity index is 836. The number of esters is 1. The standard InChI is InChI=1S/C25H36O6/c1-22-9-10-24(29,13-20(26)27)12-16(22)3-4-19-18(22)5-7-23(2)17(6-8-25(19,23)30)15-11-21(28)31-14-15/h11,16-19,29-30H,3-10,12-14H2,1-2H3,(H,26,27)/p-1/t16-,17-,18+,19-,22+,23-,24+,25+/m1/s1. The van der Waals surface area contributed by atoms with E-state index in [-0.39, 0.29) is 41.0 Å². The van der Waals surface area contributed by atoms with Crippen LogP contribution in [0.3, 0.4) is 0 Å². The van der Waals surface area contributed by atoms with Gasteiger partial charge in [0.05, 0.1) is 11.2 Å². The highest BCUT2D eigenvalue weighted by atomic mass is 16.5. The van der Waals surface area contributed by atoms with Crippen molar-refractivity contribution >= 4 is 11.9 Å². The molecule has 4 saturated carbocycles. The number of carbonyl (C=O) groups is 2. The van der Waals surface area contributed by atoms with Gasteiger partial charge in [0.2, 0.25) is 0 Å². The Kier molecular flexibility index (Phi) is 4.70. The third kappa shape index (κ3) is 2.97. The smallest absolute Gasteiger partial charge is 0.331 e. The molecule has 0 bridgehead atoms. The van der Waals surface area contributed by atoms with Crippen molar-refractivity contribution in [2.45, 2.75) is 89.3 Å². The Morgan fingerprint density at radius 3 is 2.55 bits per heavy atom. The molecule has 6 nitrogen and oxygen atoms in total. The summed E-state index contributed by atoms with van der Waals surface area (Å²) in [6.45, 7) is 4.90. The number of carbonyl (C=O) groups excluding carboxylic acids is 2. The average Bonchev–Trinajstić information content (AvgIpc) is 3.22. The second kappa shape index (κ2) is 6.80. The predicted molar refractivity (Wildman–Crippen MR) is 110 cm³/mol. The Hall–Kier alpha value is -1.40. The van der Waals surface area contributed by atoms with Crippen LogP contribution in [0.25, 0.3) is 0 Å². The molecule has 2 N–H and O–H groups in total. The van der Waals surface area contributed by atoms with Crippen LogP contribution in [-0.4, -0.2) is 40.0 Å². The molecule has 0 aromatic rings. The van der Waals surface area contributed by atoms with E-state index in [0.717, 1.165) is 50.5 Å². The van der Waals surface area contributed by atoms with E-state index >= 15 is 0 Å². The van der Waals surface area contributed by atoms with Gasteiger partial charge in [0, 0.05) is 23.9 Å². The van der Waals surface area contributed by atoms with E-state index in [2.05, 4.69) is 13.8 Å². The quantitative estimate of drug-likeness (QED) is 0.663. The molecule has 4 aliphatic carbocycles. The van der Waals surface area contributed by atoms with Gasteiger partial charge in [0.25, 0.3) is 0 Å². The molecule has 1 heterocycles. The van der Waals surface area contributed by atoms with Crippen LogP contribution in [0.4, 0.5) is 0 Å². The van der Waals surface area contributed by atoms with Crippen molar-refractivity contribution in [3.8, 4) is 0 Å². The molecule has 0 aromatic carbocycles. The summed E-state index contributed by atoms with van der Waals surface area (Å²) in [4.78, 5) is 22.8. The molecule has 0 spiro atoms. The summed E-state index contributed by atoms with van der Waals surface area (Å²) in [5, 5.41) is 34.3. The highest BCUT2D eigenvalue weighted by Crippen LogP contribution is 2.70. The number of aliphatic carboxylic acids is 1. The van der Waals surface area contributed by atoms with Crippen LogP contribution in [0.15, 0.2) is 11.6 Å². The van der Waals surface area contributed by atoms with E-state index in [9.17, 15) is 24.9 Å². The van der Waals surface area contributed by atoms with Gasteiger partial charge in [0.1, 0.15) is 6.61 Å². The molecule has 4 fully saturated rings. The van der Waals surface area contributed by atoms with Crippen molar-refractivity contribution in [3.63, 3.8) is 0 Å². The Morgan fingerprint density at radius 2 is 1.87 bits per heavy atom. The summed E-state index contributed by atoms with van der Waals surface area (Å²) in [5.41, 5.74) is -1.09. The van der Waals surface area contributed by atoms with Gasteiger partial charge in [-0.05, 0) is 92.4 Å². The fraction of sp³-hybridized carbons (Fsp3) is 0.840. The number of rotatable bonds is 3. The molecule has 5 aliphatic rings. The normalized spacial score (nSPS) is 51.4. The van der Waals surface area contributed by atoms with Crippen molar-refractivity contribution in [2.75, 3.05) is 6.61 Å². The van der Waals surface area contributed by atoms with Gasteiger partial charge >= 0.3 is 5.97 Å². The zero-order chi connectivity index (χ0) is 22.2. The van der Waals surface area contributed by atoms with Crippen molar-refractivity contribution in [3.05, 3.63) is 11.6 Å². The minimum absolute atomic E-state index is 0.0158. The molecule has 5 rings (SSSR count). The Morgan fingerprint density at radius 1 is 1.10 bits per heavy atom. The third-order valence-electron chi connectivity index (χ3n) is 10.6. The van der Waals surface area contributed by atoms with Gasteiger partial charge in [-0.1, -0.05) is 13.8 Å². The van der Waals surface area contributed by atoms with Gasteiger partial charge < -0.3 is 24.9 Å². The molecule has 0 radical (unpaired) electrons. The number of cyclic esters (lactones) is 1. The lowest BCUT2D eigenvalue weighted by atomic mass is 9.42. The van der Waals surface area contributed by atoms with Crippen molar-refractivity contribution in [1.82, 2.24) is 0 Å². The van der Waals surface area contributed by atoms with Gasteiger partial charge in [0.15, 0.2) is 0 Å². The first kappa shape index (κ1) is 21.4. The lowest BCUT2D eigenvalue weighted by Gasteiger charge is -2.64. The SMILES string of the molecule is C[C@]12CC[C@@](O)(CC(=O)[O-])C[C@H]1CC[C@@H]1[C@@H]2CC[C@]2(C)[C@@H](C3=CC(=O)OC3)CC[C@]12O. The summed E-state index contributed by atoms with van der Waals surface area (Å²) in [5.74, 6) is -0.379. The zero-order valence-electron chi connectivity index (χ0n) is 18.7. The minimum Gasteiger partial charge on any atom is -0.550 e. The number of ether oxygens (including phenoxy) is 1. The van der Waals surface area contributed by atoms with Gasteiger partial charge in [-0.15, -0.1) is 0 Å². The lowest BCUT2D eigenvalue weighted by molar-refractivity contribution is -0.310. The Labute approximate surface area is 184 Å². The fourth-order valence-corrected chi connectivity index (χ4v) is 8.90. The van der Waals surface area contributed by atoms with Crippen LogP contribution in [0.5, 0.6) is 0 Å². The van der Waals surface area contributed by atoms with Crippen LogP contribution in [-0.2, 0) is 14.3 Å². The topological polar surface area (TPSA) is 107 Å². The largest absolute Gasteiger partial charge is 0.550 e. The maximum absolute atomic E-state index is 12.2. The summed E-state index contributed by atoms with van der Waals surface area (Å²) < 4.78 is 5.19. The van der Waals surface area contributed by atoms with E-state index in [1.54, 1.807) is 6.08 Å². The molecule has 31 heavy (non-hydrogen) atoms. The predicted octanol–water partition coefficient (Wildman–Crippen LogP) is 2.11. The molecular weight excluding hydrogens is 396 g/mol. The third-order valence-corrected chi connectivity index (χ3v) is 10.6. The van der Waals surface area contributed by atoms with Gasteiger partial charge in [-0.3, -0.25) is 0 Å². The first-order valence-electron chi connectivity index (χ1n) is 12.0. The average molecular weight is 432 g/mol. The van der Waals surface area contributed by atoms with Gasteiger partial charge in [-0.2, -0.15) is 0 Å². The van der Waals surface area contributed by atoms with Crippen LogP contribution < -0.4 is 5.11 Å². The zero-order valence-corrected chi connectivity index (χ0v) is 18.7. The monoisotopic (exact) mass is 431 g/mol. The number of fused-ring (bicyclic) bond motifs is 5. The number of hydrogen-bond donors (Lipinski definition) is 2. The minimum atomic E-state index is -1.18. The van der Waals surface area contributed by atoms with Crippen LogP contribution in [0.2, 0.25) is 0 Å². The summed E-state index contributed by atoms with van der Waals surface area (Å²) in [7, 11) is 0. The second-order valence-corrected chi connectivity index (χ2v) is 11.8. The van der Waals surface area contributed by atoms with Crippen LogP contribution >= 0.6 is 0 Å². The number of carboxylic acid groups (broad SMARTS) is 1. The molecule has 0 aromatic heterocycles.